The molecule has 0 spiro atoms. The Labute approximate surface area is 421 Å². The summed E-state index contributed by atoms with van der Waals surface area (Å²) >= 11 is 0. The summed E-state index contributed by atoms with van der Waals surface area (Å²) in [4.78, 5) is 38.0. The van der Waals surface area contributed by atoms with Gasteiger partial charge >= 0.3 is 17.9 Å². The highest BCUT2D eigenvalue weighted by Gasteiger charge is 2.19. The molecule has 0 saturated heterocycles. The van der Waals surface area contributed by atoms with E-state index >= 15 is 0 Å². The molecule has 0 rings (SSSR count). The SMILES string of the molecule is CC/C=C\C/C=C\C/C=C\C/C=C\C/C=C\C/C=C\CCC(=O)OC(COC(=O)CCCCCCCCCCC)COC(=O)CCCCCCCCCCCCCCCCCCCCCCCC. The van der Waals surface area contributed by atoms with Crippen molar-refractivity contribution in [3.63, 3.8) is 0 Å². The van der Waals surface area contributed by atoms with Gasteiger partial charge in [0.15, 0.2) is 6.10 Å². The number of hydrogen-bond donors (Lipinski definition) is 0. The first-order chi connectivity index (χ1) is 33.5. The molecule has 0 fully saturated rings. The molecular weight excluding hydrogens is 841 g/mol. The zero-order valence-electron chi connectivity index (χ0n) is 44.9. The lowest BCUT2D eigenvalue weighted by molar-refractivity contribution is -0.166. The minimum Gasteiger partial charge on any atom is -0.462 e. The highest BCUT2D eigenvalue weighted by molar-refractivity contribution is 5.71. The molecule has 0 aliphatic heterocycles. The van der Waals surface area contributed by atoms with Crippen LogP contribution in [0.4, 0.5) is 0 Å². The van der Waals surface area contributed by atoms with E-state index in [0.717, 1.165) is 77.0 Å². The molecule has 0 aromatic heterocycles. The Morgan fingerprint density at radius 1 is 0.309 bits per heavy atom. The lowest BCUT2D eigenvalue weighted by atomic mass is 10.0. The predicted octanol–water partition coefficient (Wildman–Crippen LogP) is 19.4. The van der Waals surface area contributed by atoms with Gasteiger partial charge in [0.2, 0.25) is 0 Å². The average molecular weight is 950 g/mol. The number of allylic oxidation sites excluding steroid dienone is 12. The van der Waals surface area contributed by atoms with Gasteiger partial charge in [0.1, 0.15) is 13.2 Å². The lowest BCUT2D eigenvalue weighted by Gasteiger charge is -2.18. The monoisotopic (exact) mass is 949 g/mol. The summed E-state index contributed by atoms with van der Waals surface area (Å²) in [6.07, 6.45) is 72.1. The van der Waals surface area contributed by atoms with E-state index in [1.165, 1.54) is 161 Å². The quantitative estimate of drug-likeness (QED) is 0.0262. The van der Waals surface area contributed by atoms with Crippen LogP contribution in [-0.4, -0.2) is 37.2 Å². The summed E-state index contributed by atoms with van der Waals surface area (Å²) in [6, 6.07) is 0. The van der Waals surface area contributed by atoms with E-state index in [9.17, 15) is 14.4 Å². The van der Waals surface area contributed by atoms with Gasteiger partial charge in [-0.3, -0.25) is 14.4 Å². The van der Waals surface area contributed by atoms with Crippen molar-refractivity contribution in [1.29, 1.82) is 0 Å². The summed E-state index contributed by atoms with van der Waals surface area (Å²) in [5.41, 5.74) is 0. The first-order valence-electron chi connectivity index (χ1n) is 28.9. The topological polar surface area (TPSA) is 78.9 Å². The molecular formula is C62H108O6. The third kappa shape index (κ3) is 53.8. The third-order valence-electron chi connectivity index (χ3n) is 12.5. The minimum atomic E-state index is -0.812. The van der Waals surface area contributed by atoms with Gasteiger partial charge in [0, 0.05) is 19.3 Å². The molecule has 6 heteroatoms. The second-order valence-electron chi connectivity index (χ2n) is 19.2. The zero-order valence-corrected chi connectivity index (χ0v) is 44.9. The fourth-order valence-corrected chi connectivity index (χ4v) is 8.18. The Balaban J connectivity index is 4.33. The summed E-state index contributed by atoms with van der Waals surface area (Å²) in [7, 11) is 0. The van der Waals surface area contributed by atoms with Gasteiger partial charge in [-0.05, 0) is 57.8 Å². The molecule has 1 atom stereocenters. The van der Waals surface area contributed by atoms with Gasteiger partial charge in [-0.25, -0.2) is 0 Å². The van der Waals surface area contributed by atoms with Crippen LogP contribution in [0.2, 0.25) is 0 Å². The van der Waals surface area contributed by atoms with Crippen LogP contribution in [-0.2, 0) is 28.6 Å². The molecule has 0 amide bonds. The van der Waals surface area contributed by atoms with E-state index in [1.54, 1.807) is 0 Å². The van der Waals surface area contributed by atoms with Crippen molar-refractivity contribution in [2.24, 2.45) is 0 Å². The molecule has 0 radical (unpaired) electrons. The second kappa shape index (κ2) is 56.4. The van der Waals surface area contributed by atoms with Crippen molar-refractivity contribution >= 4 is 17.9 Å². The summed E-state index contributed by atoms with van der Waals surface area (Å²) in [5.74, 6) is -0.980. The normalized spacial score (nSPS) is 12.6. The Morgan fingerprint density at radius 3 is 0.868 bits per heavy atom. The van der Waals surface area contributed by atoms with Gasteiger partial charge < -0.3 is 14.2 Å². The summed E-state index contributed by atoms with van der Waals surface area (Å²) in [5, 5.41) is 0. The first-order valence-corrected chi connectivity index (χ1v) is 28.9. The van der Waals surface area contributed by atoms with Crippen molar-refractivity contribution in [2.75, 3.05) is 13.2 Å². The van der Waals surface area contributed by atoms with E-state index in [0.29, 0.717) is 19.3 Å². The van der Waals surface area contributed by atoms with E-state index in [1.807, 2.05) is 6.08 Å². The van der Waals surface area contributed by atoms with Crippen molar-refractivity contribution in [1.82, 2.24) is 0 Å². The maximum Gasteiger partial charge on any atom is 0.306 e. The lowest BCUT2D eigenvalue weighted by Crippen LogP contribution is -2.30. The highest BCUT2D eigenvalue weighted by Crippen LogP contribution is 2.16. The minimum absolute atomic E-state index is 0.102. The molecule has 0 bridgehead atoms. The number of rotatable bonds is 52. The van der Waals surface area contributed by atoms with E-state index in [4.69, 9.17) is 14.2 Å². The van der Waals surface area contributed by atoms with Crippen LogP contribution in [0.5, 0.6) is 0 Å². The van der Waals surface area contributed by atoms with Gasteiger partial charge in [-0.2, -0.15) is 0 Å². The van der Waals surface area contributed by atoms with Crippen LogP contribution < -0.4 is 0 Å². The molecule has 68 heavy (non-hydrogen) atoms. The Bertz CT molecular complexity index is 1270. The first kappa shape index (κ1) is 64.8. The van der Waals surface area contributed by atoms with Gasteiger partial charge in [-0.1, -0.05) is 280 Å². The van der Waals surface area contributed by atoms with Crippen LogP contribution in [0.1, 0.15) is 284 Å². The smallest absolute Gasteiger partial charge is 0.306 e. The van der Waals surface area contributed by atoms with E-state index < -0.39 is 6.10 Å². The van der Waals surface area contributed by atoms with Crippen LogP contribution in [0.3, 0.4) is 0 Å². The molecule has 1 unspecified atom stereocenters. The van der Waals surface area contributed by atoms with Crippen molar-refractivity contribution < 1.29 is 28.6 Å². The average Bonchev–Trinajstić information content (AvgIpc) is 3.34. The highest BCUT2D eigenvalue weighted by atomic mass is 16.6. The standard InChI is InChI=1S/C62H108O6/c1-4-7-10-13-16-19-21-23-25-27-29-30-31-33-34-36-38-40-43-46-49-52-55-61(64)67-58-59(57-66-60(63)54-51-48-45-42-18-15-12-9-6-3)68-62(65)56-53-50-47-44-41-39-37-35-32-28-26-24-22-20-17-14-11-8-5-2/h8,11,17,20,24,26,32,35,39,41,47,50,59H,4-7,9-10,12-16,18-19,21-23,25,27-31,33-34,36-38,40,42-46,48-49,51-58H2,1-3H3/b11-8-,20-17-,26-24-,35-32-,41-39-,50-47-. The van der Waals surface area contributed by atoms with Crippen LogP contribution in [0, 0.1) is 0 Å². The zero-order chi connectivity index (χ0) is 49.3. The van der Waals surface area contributed by atoms with Crippen molar-refractivity contribution in [2.45, 2.75) is 290 Å². The van der Waals surface area contributed by atoms with Gasteiger partial charge in [-0.15, -0.1) is 0 Å². The predicted molar refractivity (Wildman–Crippen MR) is 293 cm³/mol. The second-order valence-corrected chi connectivity index (χ2v) is 19.2. The van der Waals surface area contributed by atoms with Crippen LogP contribution in [0.25, 0.3) is 0 Å². The Morgan fingerprint density at radius 2 is 0.574 bits per heavy atom. The number of esters is 3. The fraction of sp³-hybridized carbons (Fsp3) is 0.758. The number of hydrogen-bond acceptors (Lipinski definition) is 6. The maximum atomic E-state index is 12.8. The summed E-state index contributed by atoms with van der Waals surface area (Å²) < 4.78 is 16.8. The van der Waals surface area contributed by atoms with Crippen molar-refractivity contribution in [3.8, 4) is 0 Å². The molecule has 0 saturated carbocycles. The van der Waals surface area contributed by atoms with Crippen LogP contribution >= 0.6 is 0 Å². The largest absolute Gasteiger partial charge is 0.462 e. The van der Waals surface area contributed by atoms with Gasteiger partial charge in [0.25, 0.3) is 0 Å². The van der Waals surface area contributed by atoms with Gasteiger partial charge in [0.05, 0.1) is 0 Å². The number of carbonyl (C=O) groups excluding carboxylic acids is 3. The molecule has 0 N–H and O–H groups in total. The number of carbonyl (C=O) groups is 3. The number of unbranched alkanes of at least 4 members (excludes halogenated alkanes) is 29. The third-order valence-corrected chi connectivity index (χ3v) is 12.5. The Kier molecular flexibility index (Phi) is 53.8. The molecule has 0 heterocycles. The Hall–Kier alpha value is -3.15. The molecule has 0 aliphatic carbocycles. The maximum absolute atomic E-state index is 12.8. The van der Waals surface area contributed by atoms with Crippen molar-refractivity contribution in [3.05, 3.63) is 72.9 Å². The molecule has 0 aliphatic rings. The summed E-state index contributed by atoms with van der Waals surface area (Å²) in [6.45, 7) is 6.47. The van der Waals surface area contributed by atoms with E-state index in [-0.39, 0.29) is 37.5 Å². The molecule has 0 aromatic rings. The number of ether oxygens (including phenoxy) is 3. The van der Waals surface area contributed by atoms with E-state index in [2.05, 4.69) is 87.6 Å². The fourth-order valence-electron chi connectivity index (χ4n) is 8.18. The molecule has 392 valence electrons. The van der Waals surface area contributed by atoms with Crippen LogP contribution in [0.15, 0.2) is 72.9 Å². The molecule has 6 nitrogen and oxygen atoms in total. The molecule has 0 aromatic carbocycles.